The molecule has 2 amide bonds. The minimum Gasteiger partial charge on any atom is -0.326 e. The van der Waals surface area contributed by atoms with Crippen molar-refractivity contribution >= 4 is 34.5 Å². The van der Waals surface area contributed by atoms with Gasteiger partial charge in [0.1, 0.15) is 5.82 Å². The van der Waals surface area contributed by atoms with Gasteiger partial charge in [0, 0.05) is 34.2 Å². The van der Waals surface area contributed by atoms with Crippen LogP contribution in [-0.2, 0) is 9.59 Å². The first-order valence-electron chi connectivity index (χ1n) is 7.38. The molecule has 3 rings (SSSR count). The topological polar surface area (TPSA) is 58.2 Å². The summed E-state index contributed by atoms with van der Waals surface area (Å²) in [5.74, 6) is -0.826. The molecule has 0 bridgehead atoms. The molecule has 6 heteroatoms. The van der Waals surface area contributed by atoms with Gasteiger partial charge in [0.2, 0.25) is 11.8 Å². The molecule has 1 aliphatic rings. The van der Waals surface area contributed by atoms with Crippen molar-refractivity contribution in [2.45, 2.75) is 26.2 Å². The van der Waals surface area contributed by atoms with Crippen molar-refractivity contribution in [3.05, 3.63) is 45.9 Å². The van der Waals surface area contributed by atoms with Gasteiger partial charge in [-0.25, -0.2) is 4.39 Å². The van der Waals surface area contributed by atoms with Gasteiger partial charge in [-0.1, -0.05) is 0 Å². The second-order valence-electron chi connectivity index (χ2n) is 5.76. The summed E-state index contributed by atoms with van der Waals surface area (Å²) in [5.41, 5.74) is 0.546. The van der Waals surface area contributed by atoms with Crippen LogP contribution in [0.15, 0.2) is 30.3 Å². The van der Waals surface area contributed by atoms with Gasteiger partial charge >= 0.3 is 0 Å². The maximum absolute atomic E-state index is 13.8. The number of carbonyl (C=O) groups excluding carboxylic acids is 2. The highest BCUT2D eigenvalue weighted by Crippen LogP contribution is 2.50. The molecule has 1 saturated carbocycles. The van der Waals surface area contributed by atoms with E-state index >= 15 is 0 Å². The van der Waals surface area contributed by atoms with E-state index in [9.17, 15) is 14.0 Å². The van der Waals surface area contributed by atoms with Gasteiger partial charge in [0.25, 0.3) is 0 Å². The predicted molar refractivity (Wildman–Crippen MR) is 89.2 cm³/mol. The number of carbonyl (C=O) groups is 2. The molecule has 120 valence electrons. The fourth-order valence-corrected chi connectivity index (χ4v) is 3.64. The summed E-state index contributed by atoms with van der Waals surface area (Å²) < 4.78 is 13.8. The number of halogens is 1. The fraction of sp³-hybridized carbons (Fsp3) is 0.294. The maximum atomic E-state index is 13.8. The van der Waals surface area contributed by atoms with Gasteiger partial charge in [0.15, 0.2) is 0 Å². The number of rotatable bonds is 4. The lowest BCUT2D eigenvalue weighted by molar-refractivity contribution is -0.117. The largest absolute Gasteiger partial charge is 0.326 e. The van der Waals surface area contributed by atoms with E-state index in [0.29, 0.717) is 5.69 Å². The summed E-state index contributed by atoms with van der Waals surface area (Å²) in [5, 5.41) is 5.20. The first-order chi connectivity index (χ1) is 10.9. The Balaban J connectivity index is 1.68. The molecule has 0 saturated heterocycles. The lowest BCUT2D eigenvalue weighted by Crippen LogP contribution is -2.16. The molecule has 1 aromatic carbocycles. The summed E-state index contributed by atoms with van der Waals surface area (Å²) in [6.07, 6.45) is 0.790. The van der Waals surface area contributed by atoms with E-state index in [0.717, 1.165) is 6.42 Å². The van der Waals surface area contributed by atoms with Gasteiger partial charge in [-0.15, -0.1) is 11.3 Å². The van der Waals surface area contributed by atoms with Gasteiger partial charge in [-0.3, -0.25) is 9.59 Å². The quantitative estimate of drug-likeness (QED) is 0.892. The molecule has 4 nitrogen and oxygen atoms in total. The highest BCUT2D eigenvalue weighted by atomic mass is 32.1. The van der Waals surface area contributed by atoms with Crippen molar-refractivity contribution in [3.63, 3.8) is 0 Å². The Morgan fingerprint density at radius 3 is 2.65 bits per heavy atom. The van der Waals surface area contributed by atoms with Crippen LogP contribution >= 0.6 is 11.3 Å². The van der Waals surface area contributed by atoms with Gasteiger partial charge < -0.3 is 10.6 Å². The highest BCUT2D eigenvalue weighted by molar-refractivity contribution is 7.12. The summed E-state index contributed by atoms with van der Waals surface area (Å²) in [6, 6.07) is 8.22. The third kappa shape index (κ3) is 3.59. The van der Waals surface area contributed by atoms with Crippen molar-refractivity contribution in [2.24, 2.45) is 5.92 Å². The minimum absolute atomic E-state index is 0.0919. The predicted octanol–water partition coefficient (Wildman–Crippen LogP) is 3.90. The van der Waals surface area contributed by atoms with Crippen molar-refractivity contribution < 1.29 is 14.0 Å². The van der Waals surface area contributed by atoms with Crippen LogP contribution < -0.4 is 10.6 Å². The Labute approximate surface area is 137 Å². The van der Waals surface area contributed by atoms with Crippen LogP contribution in [0.2, 0.25) is 0 Å². The van der Waals surface area contributed by atoms with Gasteiger partial charge in [0.05, 0.1) is 5.69 Å². The van der Waals surface area contributed by atoms with Crippen LogP contribution in [0, 0.1) is 18.7 Å². The zero-order chi connectivity index (χ0) is 16.6. The van der Waals surface area contributed by atoms with Crippen molar-refractivity contribution in [1.29, 1.82) is 0 Å². The molecule has 2 N–H and O–H groups in total. The molecule has 1 aromatic heterocycles. The van der Waals surface area contributed by atoms with E-state index in [1.807, 2.05) is 13.0 Å². The molecule has 0 aliphatic heterocycles. The first kappa shape index (κ1) is 15.7. The smallest absolute Gasteiger partial charge is 0.228 e. The van der Waals surface area contributed by atoms with Crippen LogP contribution in [-0.4, -0.2) is 11.8 Å². The van der Waals surface area contributed by atoms with Crippen molar-refractivity contribution in [3.8, 4) is 0 Å². The molecule has 0 spiro atoms. The number of nitrogens with one attached hydrogen (secondary N) is 2. The Hall–Kier alpha value is -2.21. The van der Waals surface area contributed by atoms with E-state index in [1.165, 1.54) is 34.9 Å². The van der Waals surface area contributed by atoms with Crippen molar-refractivity contribution in [2.75, 3.05) is 10.6 Å². The van der Waals surface area contributed by atoms with E-state index in [4.69, 9.17) is 0 Å². The zero-order valence-corrected chi connectivity index (χ0v) is 13.7. The first-order valence-corrected chi connectivity index (χ1v) is 8.20. The number of hydrogen-bond acceptors (Lipinski definition) is 3. The standard InChI is InChI=1S/C17H17FN2O2S/c1-9-3-6-16(23-9)12-8-13(12)17(22)20-15-7-11(19-10(2)21)4-5-14(15)18/h3-7,12-13H,8H2,1-2H3,(H,19,21)(H,20,22)/t12-,13-/m1/s1. The molecule has 2 aromatic rings. The molecule has 2 atom stereocenters. The van der Waals surface area contributed by atoms with Crippen LogP contribution in [0.3, 0.4) is 0 Å². The van der Waals surface area contributed by atoms with Crippen molar-refractivity contribution in [1.82, 2.24) is 0 Å². The van der Waals surface area contributed by atoms with Gasteiger partial charge in [-0.2, -0.15) is 0 Å². The number of thiophene rings is 1. The Bertz CT molecular complexity index is 772. The minimum atomic E-state index is -0.517. The molecule has 0 unspecified atom stereocenters. The average molecular weight is 332 g/mol. The lowest BCUT2D eigenvalue weighted by Gasteiger charge is -2.09. The molecular formula is C17H17FN2O2S. The van der Waals surface area contributed by atoms with Gasteiger partial charge in [-0.05, 0) is 43.7 Å². The summed E-state index contributed by atoms with van der Waals surface area (Å²) in [7, 11) is 0. The normalized spacial score (nSPS) is 19.3. The average Bonchev–Trinajstić information content (AvgIpc) is 3.17. The van der Waals surface area contributed by atoms with E-state index in [2.05, 4.69) is 16.7 Å². The van der Waals surface area contributed by atoms with E-state index in [-0.39, 0.29) is 29.3 Å². The lowest BCUT2D eigenvalue weighted by atomic mass is 10.2. The zero-order valence-electron chi connectivity index (χ0n) is 12.9. The number of aryl methyl sites for hydroxylation is 1. The van der Waals surface area contributed by atoms with E-state index < -0.39 is 5.82 Å². The highest BCUT2D eigenvalue weighted by Gasteiger charge is 2.44. The third-order valence-electron chi connectivity index (χ3n) is 3.80. The summed E-state index contributed by atoms with van der Waals surface area (Å²) in [4.78, 5) is 25.8. The monoisotopic (exact) mass is 332 g/mol. The summed E-state index contributed by atoms with van der Waals surface area (Å²) >= 11 is 1.70. The van der Waals surface area contributed by atoms with Crippen LogP contribution in [0.25, 0.3) is 0 Å². The van der Waals surface area contributed by atoms with Crippen LogP contribution in [0.1, 0.15) is 29.0 Å². The molecular weight excluding hydrogens is 315 g/mol. The second kappa shape index (κ2) is 6.12. The Morgan fingerprint density at radius 1 is 1.22 bits per heavy atom. The SMILES string of the molecule is CC(=O)Nc1ccc(F)c(NC(=O)[C@@H]2C[C@H]2c2ccc(C)s2)c1. The molecule has 1 aliphatic carbocycles. The number of anilines is 2. The molecule has 0 radical (unpaired) electrons. The van der Waals surface area contributed by atoms with E-state index in [1.54, 1.807) is 11.3 Å². The molecule has 1 heterocycles. The summed E-state index contributed by atoms with van der Waals surface area (Å²) in [6.45, 7) is 3.41. The number of benzene rings is 1. The van der Waals surface area contributed by atoms with Crippen LogP contribution in [0.5, 0.6) is 0 Å². The Kier molecular flexibility index (Phi) is 4.17. The second-order valence-corrected chi connectivity index (χ2v) is 7.08. The maximum Gasteiger partial charge on any atom is 0.228 e. The Morgan fingerprint density at radius 2 is 2.00 bits per heavy atom. The number of amides is 2. The fourth-order valence-electron chi connectivity index (χ4n) is 2.58. The third-order valence-corrected chi connectivity index (χ3v) is 4.93. The van der Waals surface area contributed by atoms with Crippen LogP contribution in [0.4, 0.5) is 15.8 Å². The molecule has 1 fully saturated rings. The number of hydrogen-bond donors (Lipinski definition) is 2. The molecule has 23 heavy (non-hydrogen) atoms.